The number of nitrogens with one attached hydrogen (secondary N) is 1. The fourth-order valence-corrected chi connectivity index (χ4v) is 2.53. The quantitative estimate of drug-likeness (QED) is 0.613. The fourth-order valence-electron chi connectivity index (χ4n) is 1.86. The molecule has 124 valence electrons. The minimum atomic E-state index is -3.61. The molecule has 0 spiro atoms. The van der Waals surface area contributed by atoms with Crippen LogP contribution in [0.25, 0.3) is 11.5 Å². The summed E-state index contributed by atoms with van der Waals surface area (Å²) in [6, 6.07) is 3.60. The Bertz CT molecular complexity index is 831. The Morgan fingerprint density at radius 2 is 2.09 bits per heavy atom. The molecule has 0 aliphatic heterocycles. The molecular formula is C13H16N4O5S. The molecule has 0 saturated carbocycles. The van der Waals surface area contributed by atoms with Crippen LogP contribution in [-0.2, 0) is 16.3 Å². The number of rotatable bonds is 6. The molecular weight excluding hydrogens is 324 g/mol. The normalized spacial score (nSPS) is 13.0. The van der Waals surface area contributed by atoms with E-state index in [4.69, 9.17) is 4.52 Å². The molecule has 1 unspecified atom stereocenters. The molecule has 1 heterocycles. The maximum absolute atomic E-state index is 11.7. The van der Waals surface area contributed by atoms with E-state index >= 15 is 0 Å². The van der Waals surface area contributed by atoms with E-state index in [9.17, 15) is 18.5 Å². The maximum atomic E-state index is 11.7. The van der Waals surface area contributed by atoms with Gasteiger partial charge in [0.1, 0.15) is 0 Å². The van der Waals surface area contributed by atoms with Crippen LogP contribution in [0, 0.1) is 10.1 Å². The first kappa shape index (κ1) is 17.0. The van der Waals surface area contributed by atoms with E-state index in [2.05, 4.69) is 15.5 Å². The molecule has 0 aliphatic rings. The lowest BCUT2D eigenvalue weighted by atomic mass is 10.2. The first-order valence-electron chi connectivity index (χ1n) is 6.70. The number of hydrogen-bond acceptors (Lipinski definition) is 8. The van der Waals surface area contributed by atoms with Crippen molar-refractivity contribution in [1.82, 2.24) is 15.5 Å². The first-order valence-corrected chi connectivity index (χ1v) is 8.59. The van der Waals surface area contributed by atoms with Crippen LogP contribution in [0.3, 0.4) is 0 Å². The Labute approximate surface area is 132 Å². The summed E-state index contributed by atoms with van der Waals surface area (Å²) in [4.78, 5) is 14.3. The topological polar surface area (TPSA) is 128 Å². The van der Waals surface area contributed by atoms with E-state index in [0.29, 0.717) is 12.2 Å². The van der Waals surface area contributed by atoms with Crippen molar-refractivity contribution in [1.29, 1.82) is 0 Å². The van der Waals surface area contributed by atoms with Crippen LogP contribution in [0.4, 0.5) is 5.69 Å². The monoisotopic (exact) mass is 340 g/mol. The van der Waals surface area contributed by atoms with Crippen molar-refractivity contribution in [3.63, 3.8) is 0 Å². The average Bonchev–Trinajstić information content (AvgIpc) is 2.94. The van der Waals surface area contributed by atoms with Crippen molar-refractivity contribution in [2.24, 2.45) is 0 Å². The lowest BCUT2D eigenvalue weighted by Crippen LogP contribution is -2.24. The Balaban J connectivity index is 2.46. The summed E-state index contributed by atoms with van der Waals surface area (Å²) >= 11 is 0. The minimum absolute atomic E-state index is 0.0388. The highest BCUT2D eigenvalue weighted by Gasteiger charge is 2.20. The van der Waals surface area contributed by atoms with Gasteiger partial charge in [0.25, 0.3) is 11.6 Å². The summed E-state index contributed by atoms with van der Waals surface area (Å²) in [5, 5.41) is 17.8. The van der Waals surface area contributed by atoms with Gasteiger partial charge in [0, 0.05) is 36.4 Å². The van der Waals surface area contributed by atoms with E-state index < -0.39 is 14.8 Å². The second kappa shape index (κ2) is 6.42. The van der Waals surface area contributed by atoms with Crippen molar-refractivity contribution in [2.75, 3.05) is 13.3 Å². The van der Waals surface area contributed by atoms with Gasteiger partial charge in [-0.05, 0) is 20.0 Å². The van der Waals surface area contributed by atoms with Crippen LogP contribution in [0.15, 0.2) is 27.6 Å². The summed E-state index contributed by atoms with van der Waals surface area (Å²) in [5.41, 5.74) is -0.165. The summed E-state index contributed by atoms with van der Waals surface area (Å²) < 4.78 is 28.5. The molecule has 0 amide bonds. The van der Waals surface area contributed by atoms with Crippen LogP contribution in [-0.4, -0.2) is 42.8 Å². The number of nitro benzene ring substituents is 1. The molecule has 2 aromatic rings. The molecule has 0 aliphatic carbocycles. The van der Waals surface area contributed by atoms with Crippen molar-refractivity contribution in [2.45, 2.75) is 24.3 Å². The number of benzene rings is 1. The lowest BCUT2D eigenvalue weighted by Gasteiger charge is -2.04. The van der Waals surface area contributed by atoms with E-state index in [1.165, 1.54) is 12.1 Å². The van der Waals surface area contributed by atoms with Gasteiger partial charge in [-0.1, -0.05) is 5.16 Å². The molecule has 0 fully saturated rings. The van der Waals surface area contributed by atoms with Crippen molar-refractivity contribution < 1.29 is 17.9 Å². The highest BCUT2D eigenvalue weighted by molar-refractivity contribution is 7.90. The smallest absolute Gasteiger partial charge is 0.271 e. The number of aromatic nitrogens is 2. The third-order valence-electron chi connectivity index (χ3n) is 3.23. The lowest BCUT2D eigenvalue weighted by molar-refractivity contribution is -0.385. The first-order chi connectivity index (χ1) is 10.7. The van der Waals surface area contributed by atoms with Crippen LogP contribution in [0.2, 0.25) is 0 Å². The maximum Gasteiger partial charge on any atom is 0.271 e. The Morgan fingerprint density at radius 1 is 1.39 bits per heavy atom. The molecule has 1 N–H and O–H groups in total. The van der Waals surface area contributed by atoms with Crippen LogP contribution in [0.1, 0.15) is 12.7 Å². The number of non-ortho nitro benzene ring substituents is 1. The highest BCUT2D eigenvalue weighted by Crippen LogP contribution is 2.27. The van der Waals surface area contributed by atoms with Gasteiger partial charge in [0.05, 0.1) is 9.82 Å². The summed E-state index contributed by atoms with van der Waals surface area (Å²) in [5.74, 6) is 0.464. The standard InChI is InChI=1S/C13H16N4O5S/c1-8(14-2)4-12-15-13(22-16-12)9-5-10(17(18)19)7-11(6-9)23(3,20)21/h5-8,14H,4H2,1-3H3. The summed E-state index contributed by atoms with van der Waals surface area (Å²) in [7, 11) is -1.81. The highest BCUT2D eigenvalue weighted by atomic mass is 32.2. The number of hydrogen-bond donors (Lipinski definition) is 1. The number of nitrogens with zero attached hydrogens (tertiary/aromatic N) is 3. The molecule has 1 atom stereocenters. The largest absolute Gasteiger partial charge is 0.334 e. The number of sulfone groups is 1. The molecule has 9 nitrogen and oxygen atoms in total. The molecule has 0 bridgehead atoms. The summed E-state index contributed by atoms with van der Waals surface area (Å²) in [6.07, 6.45) is 1.48. The molecule has 0 saturated heterocycles. The Hall–Kier alpha value is -2.33. The van der Waals surface area contributed by atoms with Gasteiger partial charge >= 0.3 is 0 Å². The van der Waals surface area contributed by atoms with Crippen molar-refractivity contribution in [3.8, 4) is 11.5 Å². The van der Waals surface area contributed by atoms with Gasteiger partial charge in [-0.15, -0.1) is 0 Å². The Morgan fingerprint density at radius 3 is 2.65 bits per heavy atom. The van der Waals surface area contributed by atoms with Crippen LogP contribution < -0.4 is 5.32 Å². The van der Waals surface area contributed by atoms with Gasteiger partial charge in [-0.3, -0.25) is 10.1 Å². The second-order valence-electron chi connectivity index (χ2n) is 5.15. The van der Waals surface area contributed by atoms with Crippen LogP contribution in [0.5, 0.6) is 0 Å². The van der Waals surface area contributed by atoms with Crippen LogP contribution >= 0.6 is 0 Å². The van der Waals surface area contributed by atoms with E-state index in [-0.39, 0.29) is 28.1 Å². The zero-order valence-corrected chi connectivity index (χ0v) is 13.6. The zero-order valence-electron chi connectivity index (χ0n) is 12.8. The predicted octanol–water partition coefficient (Wildman–Crippen LogP) is 1.20. The SMILES string of the molecule is CNC(C)Cc1noc(-c2cc([N+](=O)[O-])cc(S(C)(=O)=O)c2)n1. The van der Waals surface area contributed by atoms with Gasteiger partial charge < -0.3 is 9.84 Å². The van der Waals surface area contributed by atoms with E-state index in [1.54, 1.807) is 7.05 Å². The molecule has 0 radical (unpaired) electrons. The average molecular weight is 340 g/mol. The number of nitro groups is 1. The molecule has 23 heavy (non-hydrogen) atoms. The Kier molecular flexibility index (Phi) is 4.76. The minimum Gasteiger partial charge on any atom is -0.334 e. The molecule has 1 aromatic carbocycles. The summed E-state index contributed by atoms with van der Waals surface area (Å²) in [6.45, 7) is 1.94. The fraction of sp³-hybridized carbons (Fsp3) is 0.385. The van der Waals surface area contributed by atoms with Crippen molar-refractivity contribution in [3.05, 3.63) is 34.1 Å². The number of likely N-dealkylation sites (N-methyl/N-ethyl adjacent to an activating group) is 1. The third kappa shape index (κ3) is 4.11. The third-order valence-corrected chi connectivity index (χ3v) is 4.32. The van der Waals surface area contributed by atoms with E-state index in [1.807, 2.05) is 6.92 Å². The van der Waals surface area contributed by atoms with Gasteiger partial charge in [0.2, 0.25) is 0 Å². The molecule has 10 heteroatoms. The zero-order chi connectivity index (χ0) is 17.2. The van der Waals surface area contributed by atoms with Crippen molar-refractivity contribution >= 4 is 15.5 Å². The van der Waals surface area contributed by atoms with Gasteiger partial charge in [-0.25, -0.2) is 8.42 Å². The predicted molar refractivity (Wildman–Crippen MR) is 81.7 cm³/mol. The van der Waals surface area contributed by atoms with Gasteiger partial charge in [0.15, 0.2) is 15.7 Å². The molecule has 2 rings (SSSR count). The molecule has 1 aromatic heterocycles. The second-order valence-corrected chi connectivity index (χ2v) is 7.17. The van der Waals surface area contributed by atoms with E-state index in [0.717, 1.165) is 12.3 Å². The van der Waals surface area contributed by atoms with Gasteiger partial charge in [-0.2, -0.15) is 4.98 Å².